The van der Waals surface area contributed by atoms with Gasteiger partial charge in [0.1, 0.15) is 0 Å². The summed E-state index contributed by atoms with van der Waals surface area (Å²) in [6.07, 6.45) is 1.35. The Kier molecular flexibility index (Phi) is 10.1. The van der Waals surface area contributed by atoms with Gasteiger partial charge in [-0.15, -0.1) is 6.04 Å². The summed E-state index contributed by atoms with van der Waals surface area (Å²) in [5, 5.41) is 10.3. The van der Waals surface area contributed by atoms with E-state index in [4.69, 9.17) is 16.2 Å². The first-order chi connectivity index (χ1) is 8.97. The largest absolute Gasteiger partial charge is 0.674 e. The summed E-state index contributed by atoms with van der Waals surface area (Å²) < 4.78 is 4.97. The average molecular weight is 498 g/mol. The molecule has 0 saturated heterocycles. The molecule has 1 aliphatic carbocycles. The molecule has 0 aromatic carbocycles. The van der Waals surface area contributed by atoms with Crippen LogP contribution in [0.5, 0.6) is 0 Å². The third-order valence-corrected chi connectivity index (χ3v) is 4.39. The standard InChI is InChI=1S/C14H27N2O3.Ac/c1-4-8(5-2)12(16)11-10(15)7-9(13(11)17)14(18)19-6-3;/h8-13,16-17H,4-7,15H2,1-3H3;/q-1;/t9-,10+,11+,12?,13+;/m0./s1. The number of nitrogens with one attached hydrogen (secondary N) is 1. The molecule has 20 heavy (non-hydrogen) atoms. The van der Waals surface area contributed by atoms with Crippen molar-refractivity contribution >= 4 is 5.97 Å². The number of esters is 1. The molecule has 115 valence electrons. The van der Waals surface area contributed by atoms with Crippen LogP contribution in [0.25, 0.3) is 5.73 Å². The molecule has 5 atom stereocenters. The molecule has 0 heterocycles. The van der Waals surface area contributed by atoms with Crippen LogP contribution in [0.1, 0.15) is 40.0 Å². The minimum Gasteiger partial charge on any atom is -0.674 e. The van der Waals surface area contributed by atoms with E-state index in [1.807, 2.05) is 13.8 Å². The van der Waals surface area contributed by atoms with E-state index >= 15 is 0 Å². The molecule has 4 N–H and O–H groups in total. The molecule has 5 nitrogen and oxygen atoms in total. The smallest absolute Gasteiger partial charge is 0.311 e. The normalized spacial score (nSPS) is 30.9. The fourth-order valence-corrected chi connectivity index (χ4v) is 3.19. The third kappa shape index (κ3) is 4.64. The van der Waals surface area contributed by atoms with Crippen LogP contribution in [-0.4, -0.2) is 35.9 Å². The molecule has 6 heteroatoms. The molecule has 0 aromatic rings. The van der Waals surface area contributed by atoms with E-state index in [9.17, 15) is 9.90 Å². The molecule has 1 fully saturated rings. The Morgan fingerprint density at radius 3 is 2.40 bits per heavy atom. The topological polar surface area (TPSA) is 96.4 Å². The molecule has 1 unspecified atom stereocenters. The predicted octanol–water partition coefficient (Wildman–Crippen LogP) is 1.73. The maximum Gasteiger partial charge on any atom is 0.311 e. The van der Waals surface area contributed by atoms with E-state index in [1.54, 1.807) is 6.92 Å². The van der Waals surface area contributed by atoms with Crippen LogP contribution in [0.4, 0.5) is 0 Å². The Bertz CT molecular complexity index is 300. The van der Waals surface area contributed by atoms with Crippen LogP contribution in [-0.2, 0) is 9.53 Å². The zero-order valence-corrected chi connectivity index (χ0v) is 17.5. The van der Waals surface area contributed by atoms with Crippen LogP contribution < -0.4 is 5.73 Å². The van der Waals surface area contributed by atoms with Gasteiger partial charge in [-0.3, -0.25) is 4.79 Å². The van der Waals surface area contributed by atoms with Gasteiger partial charge in [0.25, 0.3) is 0 Å². The van der Waals surface area contributed by atoms with Crippen molar-refractivity contribution in [2.45, 2.75) is 58.2 Å². The number of ether oxygens (including phenoxy) is 1. The van der Waals surface area contributed by atoms with Crippen LogP contribution in [0.3, 0.4) is 0 Å². The van der Waals surface area contributed by atoms with Crippen LogP contribution >= 0.6 is 0 Å². The zero-order valence-electron chi connectivity index (χ0n) is 12.7. The van der Waals surface area contributed by atoms with Crippen molar-refractivity contribution in [2.75, 3.05) is 6.61 Å². The van der Waals surface area contributed by atoms with E-state index in [2.05, 4.69) is 0 Å². The number of carbonyl (C=O) groups is 1. The Labute approximate surface area is 157 Å². The molecule has 1 rings (SSSR count). The first-order valence-electron chi connectivity index (χ1n) is 7.29. The van der Waals surface area contributed by atoms with E-state index in [0.29, 0.717) is 13.0 Å². The van der Waals surface area contributed by atoms with E-state index in [-0.39, 0.29) is 67.9 Å². The van der Waals surface area contributed by atoms with Gasteiger partial charge in [-0.05, 0) is 19.3 Å². The number of carbonyl (C=O) groups excluding carboxylic acids is 1. The summed E-state index contributed by atoms with van der Waals surface area (Å²) in [6, 6.07) is -0.716. The quantitative estimate of drug-likeness (QED) is 0.546. The molecule has 1 radical (unpaired) electrons. The summed E-state index contributed by atoms with van der Waals surface area (Å²) in [5.41, 5.74) is 14.4. The molecule has 1 saturated carbocycles. The fourth-order valence-electron chi connectivity index (χ4n) is 3.19. The SMILES string of the molecule is CCOC(=O)[C@H]1C[C@@H](N)[C@H](C([NH-])C(CC)CC)[C@@H]1O.[Ac]. The monoisotopic (exact) mass is 498 g/mol. The van der Waals surface area contributed by atoms with Gasteiger partial charge < -0.3 is 21.3 Å². The average Bonchev–Trinajstić information content (AvgIpc) is 2.66. The number of rotatable bonds is 6. The molecule has 0 amide bonds. The van der Waals surface area contributed by atoms with E-state index in [0.717, 1.165) is 12.8 Å². The van der Waals surface area contributed by atoms with E-state index in [1.165, 1.54) is 0 Å². The number of aliphatic hydroxyl groups is 1. The molecule has 1 aliphatic rings. The molecule has 0 bridgehead atoms. The molecular weight excluding hydrogens is 471 g/mol. The van der Waals surface area contributed by atoms with Gasteiger partial charge >= 0.3 is 5.97 Å². The van der Waals surface area contributed by atoms with Crippen LogP contribution in [0.15, 0.2) is 0 Å². The maximum absolute atomic E-state index is 11.8. The van der Waals surface area contributed by atoms with Gasteiger partial charge in [0.15, 0.2) is 0 Å². The van der Waals surface area contributed by atoms with Crippen molar-refractivity contribution in [1.29, 1.82) is 0 Å². The number of hydrogen-bond donors (Lipinski definition) is 2. The maximum atomic E-state index is 11.8. The fraction of sp³-hybridized carbons (Fsp3) is 0.929. The zero-order chi connectivity index (χ0) is 14.6. The minimum atomic E-state index is -0.850. The van der Waals surface area contributed by atoms with Crippen molar-refractivity contribution in [2.24, 2.45) is 23.5 Å². The Morgan fingerprint density at radius 1 is 1.40 bits per heavy atom. The molecule has 0 spiro atoms. The van der Waals surface area contributed by atoms with Gasteiger partial charge in [0, 0.05) is 50.1 Å². The van der Waals surface area contributed by atoms with Gasteiger partial charge in [-0.25, -0.2) is 0 Å². The van der Waals surface area contributed by atoms with E-state index < -0.39 is 18.1 Å². The second kappa shape index (κ2) is 9.74. The summed E-state index contributed by atoms with van der Waals surface area (Å²) in [7, 11) is 0. The molecule has 0 aliphatic heterocycles. The predicted molar refractivity (Wildman–Crippen MR) is 74.4 cm³/mol. The Hall–Kier alpha value is 0.792. The first kappa shape index (κ1) is 20.8. The van der Waals surface area contributed by atoms with Crippen molar-refractivity contribution in [3.8, 4) is 0 Å². The third-order valence-electron chi connectivity index (χ3n) is 4.39. The summed E-state index contributed by atoms with van der Waals surface area (Å²) in [5.74, 6) is -1.07. The minimum absolute atomic E-state index is 0. The molecule has 0 aromatic heterocycles. The van der Waals surface area contributed by atoms with Gasteiger partial charge in [0.2, 0.25) is 0 Å². The Balaban J connectivity index is 0.00000361. The van der Waals surface area contributed by atoms with Gasteiger partial charge in [0.05, 0.1) is 18.6 Å². The van der Waals surface area contributed by atoms with Crippen LogP contribution in [0.2, 0.25) is 0 Å². The molecular formula is C14H27AcN2O3-. The Morgan fingerprint density at radius 2 is 1.95 bits per heavy atom. The first-order valence-corrected chi connectivity index (χ1v) is 7.29. The van der Waals surface area contributed by atoms with Crippen molar-refractivity contribution in [3.63, 3.8) is 0 Å². The van der Waals surface area contributed by atoms with Crippen molar-refractivity contribution in [3.05, 3.63) is 5.73 Å². The summed E-state index contributed by atoms with van der Waals surface area (Å²) in [6.45, 7) is 6.14. The number of hydrogen-bond acceptors (Lipinski definition) is 4. The van der Waals surface area contributed by atoms with Crippen molar-refractivity contribution < 1.29 is 58.7 Å². The summed E-state index contributed by atoms with van der Waals surface area (Å²) >= 11 is 0. The number of aliphatic hydroxyl groups excluding tert-OH is 1. The van der Waals surface area contributed by atoms with Gasteiger partial charge in [-0.1, -0.05) is 32.6 Å². The van der Waals surface area contributed by atoms with Crippen molar-refractivity contribution in [1.82, 2.24) is 0 Å². The van der Waals surface area contributed by atoms with Gasteiger partial charge in [-0.2, -0.15) is 0 Å². The second-order valence-electron chi connectivity index (χ2n) is 5.43. The second-order valence-corrected chi connectivity index (χ2v) is 5.43. The summed E-state index contributed by atoms with van der Waals surface area (Å²) in [4.78, 5) is 11.8. The van der Waals surface area contributed by atoms with Crippen LogP contribution in [0, 0.1) is 61.8 Å². The number of nitrogens with two attached hydrogens (primary N) is 1.